The van der Waals surface area contributed by atoms with Crippen molar-refractivity contribution in [2.45, 2.75) is 32.5 Å². The first-order valence-electron chi connectivity index (χ1n) is 7.03. The molecular weight excluding hydrogens is 278 g/mol. The molecule has 21 heavy (non-hydrogen) atoms. The van der Waals surface area contributed by atoms with Gasteiger partial charge in [-0.3, -0.25) is 4.90 Å². The maximum Gasteiger partial charge on any atom is 0.387 e. The van der Waals surface area contributed by atoms with Gasteiger partial charge in [0.25, 0.3) is 0 Å². The summed E-state index contributed by atoms with van der Waals surface area (Å²) < 4.78 is 33.9. The lowest BCUT2D eigenvalue weighted by Gasteiger charge is -2.35. The Balaban J connectivity index is 2.87. The summed E-state index contributed by atoms with van der Waals surface area (Å²) >= 11 is 0. The number of nitrogens with two attached hydrogens (primary N) is 1. The monoisotopic (exact) mass is 302 g/mol. The summed E-state index contributed by atoms with van der Waals surface area (Å²) in [5.41, 5.74) is 6.88. The van der Waals surface area contributed by atoms with Crippen molar-refractivity contribution in [2.24, 2.45) is 5.73 Å². The number of nitrogens with zero attached hydrogens (tertiary/aromatic N) is 1. The Morgan fingerprint density at radius 2 is 1.86 bits per heavy atom. The van der Waals surface area contributed by atoms with Crippen LogP contribution in [0.2, 0.25) is 0 Å². The highest BCUT2D eigenvalue weighted by atomic mass is 19.3. The first kappa shape index (κ1) is 17.8. The molecule has 6 heteroatoms. The Morgan fingerprint density at radius 3 is 2.29 bits per heavy atom. The third-order valence-corrected chi connectivity index (χ3v) is 3.45. The van der Waals surface area contributed by atoms with E-state index < -0.39 is 6.61 Å². The van der Waals surface area contributed by atoms with Crippen molar-refractivity contribution >= 4 is 0 Å². The molecule has 1 aromatic rings. The van der Waals surface area contributed by atoms with Gasteiger partial charge in [-0.2, -0.15) is 8.78 Å². The molecule has 0 bridgehead atoms. The van der Waals surface area contributed by atoms with Crippen molar-refractivity contribution < 1.29 is 18.3 Å². The standard InChI is InChI=1S/C15H24F2N2O2/c1-4-19(11(2)10-20-3)14(9-18)12-5-7-13(8-6-12)21-15(16)17/h5-8,11,14-15H,4,9-10,18H2,1-3H3. The van der Waals surface area contributed by atoms with Gasteiger partial charge in [0.1, 0.15) is 5.75 Å². The SMILES string of the molecule is CCN(C(C)COC)C(CN)c1ccc(OC(F)F)cc1. The van der Waals surface area contributed by atoms with Gasteiger partial charge < -0.3 is 15.2 Å². The van der Waals surface area contributed by atoms with Gasteiger partial charge in [-0.25, -0.2) is 0 Å². The Labute approximate surface area is 124 Å². The fourth-order valence-electron chi connectivity index (χ4n) is 2.51. The fourth-order valence-corrected chi connectivity index (χ4v) is 2.51. The third-order valence-electron chi connectivity index (χ3n) is 3.45. The molecule has 4 nitrogen and oxygen atoms in total. The van der Waals surface area contributed by atoms with Gasteiger partial charge in [0, 0.05) is 25.7 Å². The van der Waals surface area contributed by atoms with Crippen LogP contribution in [-0.2, 0) is 4.74 Å². The van der Waals surface area contributed by atoms with E-state index in [0.29, 0.717) is 13.2 Å². The van der Waals surface area contributed by atoms with E-state index in [9.17, 15) is 8.78 Å². The second-order valence-electron chi connectivity index (χ2n) is 4.83. The minimum Gasteiger partial charge on any atom is -0.435 e. The van der Waals surface area contributed by atoms with E-state index in [4.69, 9.17) is 10.5 Å². The Morgan fingerprint density at radius 1 is 1.24 bits per heavy atom. The molecule has 2 N–H and O–H groups in total. The van der Waals surface area contributed by atoms with E-state index in [1.165, 1.54) is 0 Å². The maximum atomic E-state index is 12.2. The first-order valence-corrected chi connectivity index (χ1v) is 7.03. The summed E-state index contributed by atoms with van der Waals surface area (Å²) in [6.45, 7) is 3.19. The van der Waals surface area contributed by atoms with Crippen molar-refractivity contribution in [1.29, 1.82) is 0 Å². The lowest BCUT2D eigenvalue weighted by atomic mass is 10.0. The molecular formula is C15H24F2N2O2. The largest absolute Gasteiger partial charge is 0.435 e. The van der Waals surface area contributed by atoms with Gasteiger partial charge in [-0.05, 0) is 31.2 Å². The van der Waals surface area contributed by atoms with E-state index in [2.05, 4.69) is 23.5 Å². The predicted octanol–water partition coefficient (Wildman–Crippen LogP) is 2.64. The van der Waals surface area contributed by atoms with Crippen LogP contribution in [0.5, 0.6) is 5.75 Å². The van der Waals surface area contributed by atoms with Crippen molar-refractivity contribution in [3.8, 4) is 5.75 Å². The number of methoxy groups -OCH3 is 1. The van der Waals surface area contributed by atoms with Gasteiger partial charge >= 0.3 is 6.61 Å². The molecule has 0 aliphatic carbocycles. The predicted molar refractivity (Wildman–Crippen MR) is 78.6 cm³/mol. The Hall–Kier alpha value is -1.24. The summed E-state index contributed by atoms with van der Waals surface area (Å²) in [4.78, 5) is 2.23. The Kier molecular flexibility index (Phi) is 7.56. The third kappa shape index (κ3) is 5.22. The molecule has 1 aromatic carbocycles. The van der Waals surface area contributed by atoms with Gasteiger partial charge in [-0.15, -0.1) is 0 Å². The van der Waals surface area contributed by atoms with Gasteiger partial charge in [-0.1, -0.05) is 19.1 Å². The quantitative estimate of drug-likeness (QED) is 0.762. The van der Waals surface area contributed by atoms with Crippen LogP contribution in [0, 0.1) is 0 Å². The molecule has 2 atom stereocenters. The highest BCUT2D eigenvalue weighted by molar-refractivity contribution is 5.29. The molecule has 0 amide bonds. The molecule has 0 aliphatic heterocycles. The van der Waals surface area contributed by atoms with Crippen molar-refractivity contribution in [3.63, 3.8) is 0 Å². The molecule has 0 fully saturated rings. The fraction of sp³-hybridized carbons (Fsp3) is 0.600. The van der Waals surface area contributed by atoms with Crippen LogP contribution in [0.4, 0.5) is 8.78 Å². The number of hydrogen-bond donors (Lipinski definition) is 1. The second-order valence-corrected chi connectivity index (χ2v) is 4.83. The second kappa shape index (κ2) is 8.92. The van der Waals surface area contributed by atoms with E-state index in [0.717, 1.165) is 12.1 Å². The lowest BCUT2D eigenvalue weighted by Crippen LogP contribution is -2.42. The zero-order valence-electron chi connectivity index (χ0n) is 12.8. The van der Waals surface area contributed by atoms with Crippen molar-refractivity contribution in [1.82, 2.24) is 4.90 Å². The summed E-state index contributed by atoms with van der Waals surface area (Å²) in [5.74, 6) is 0.150. The number of likely N-dealkylation sites (N-methyl/N-ethyl adjacent to an activating group) is 1. The average Bonchev–Trinajstić information content (AvgIpc) is 2.45. The summed E-state index contributed by atoms with van der Waals surface area (Å²) in [6.07, 6.45) is 0. The Bertz CT molecular complexity index is 401. The highest BCUT2D eigenvalue weighted by Crippen LogP contribution is 2.24. The molecule has 0 saturated carbocycles. The minimum absolute atomic E-state index is 0.0146. The number of rotatable bonds is 9. The van der Waals surface area contributed by atoms with E-state index in [-0.39, 0.29) is 17.8 Å². The smallest absolute Gasteiger partial charge is 0.387 e. The summed E-state index contributed by atoms with van der Waals surface area (Å²) in [5, 5.41) is 0. The zero-order chi connectivity index (χ0) is 15.8. The molecule has 120 valence electrons. The highest BCUT2D eigenvalue weighted by Gasteiger charge is 2.22. The van der Waals surface area contributed by atoms with E-state index >= 15 is 0 Å². The van der Waals surface area contributed by atoms with Crippen molar-refractivity contribution in [3.05, 3.63) is 29.8 Å². The minimum atomic E-state index is -2.81. The van der Waals surface area contributed by atoms with Crippen LogP contribution in [0.25, 0.3) is 0 Å². The molecule has 1 rings (SSSR count). The number of halogens is 2. The van der Waals surface area contributed by atoms with Crippen LogP contribution in [0.1, 0.15) is 25.5 Å². The zero-order valence-corrected chi connectivity index (χ0v) is 12.8. The van der Waals surface area contributed by atoms with Gasteiger partial charge in [0.2, 0.25) is 0 Å². The topological polar surface area (TPSA) is 47.7 Å². The van der Waals surface area contributed by atoms with E-state index in [1.54, 1.807) is 31.4 Å². The molecule has 0 aliphatic rings. The number of alkyl halides is 2. The van der Waals surface area contributed by atoms with Crippen LogP contribution >= 0.6 is 0 Å². The molecule has 2 unspecified atom stereocenters. The van der Waals surface area contributed by atoms with Crippen LogP contribution < -0.4 is 10.5 Å². The average molecular weight is 302 g/mol. The number of benzene rings is 1. The molecule has 0 radical (unpaired) electrons. The molecule has 0 spiro atoms. The number of hydrogen-bond acceptors (Lipinski definition) is 4. The molecule has 0 aromatic heterocycles. The first-order chi connectivity index (χ1) is 10.0. The van der Waals surface area contributed by atoms with Crippen LogP contribution in [0.3, 0.4) is 0 Å². The number of ether oxygens (including phenoxy) is 2. The van der Waals surface area contributed by atoms with Crippen molar-refractivity contribution in [2.75, 3.05) is 26.8 Å². The van der Waals surface area contributed by atoms with E-state index in [1.807, 2.05) is 0 Å². The van der Waals surface area contributed by atoms with Gasteiger partial charge in [0.05, 0.1) is 6.61 Å². The molecule has 0 heterocycles. The van der Waals surface area contributed by atoms with Gasteiger partial charge in [0.15, 0.2) is 0 Å². The normalized spacial score (nSPS) is 14.5. The maximum absolute atomic E-state index is 12.2. The lowest BCUT2D eigenvalue weighted by molar-refractivity contribution is -0.0498. The van der Waals surface area contributed by atoms with Crippen LogP contribution in [0.15, 0.2) is 24.3 Å². The summed E-state index contributed by atoms with van der Waals surface area (Å²) in [6, 6.07) is 6.86. The summed E-state index contributed by atoms with van der Waals surface area (Å²) in [7, 11) is 1.66. The van der Waals surface area contributed by atoms with Crippen LogP contribution in [-0.4, -0.2) is 44.4 Å². The molecule has 0 saturated heterocycles.